The first-order valence-electron chi connectivity index (χ1n) is 7.63. The minimum atomic E-state index is 0. The summed E-state index contributed by atoms with van der Waals surface area (Å²) < 4.78 is 2.55. The van der Waals surface area contributed by atoms with Gasteiger partial charge in [0.2, 0.25) is 0 Å². The normalized spacial score (nSPS) is 6.97. The minimum Gasteiger partial charge on any atom is -1.00 e. The molecule has 0 bridgehead atoms. The topological polar surface area (TPSA) is 16.2 Å². The fraction of sp³-hybridized carbons (Fsp3) is 0.667. The molecular formula is C15H30ClN5Ru2S10. The summed E-state index contributed by atoms with van der Waals surface area (Å²) >= 11 is 45.6. The van der Waals surface area contributed by atoms with E-state index in [-0.39, 0.29) is 51.4 Å². The van der Waals surface area contributed by atoms with Crippen LogP contribution in [0.2, 0.25) is 0 Å². The quantitative estimate of drug-likeness (QED) is 0.167. The Morgan fingerprint density at radius 2 is 0.394 bits per heavy atom. The molecule has 0 spiro atoms. The van der Waals surface area contributed by atoms with Gasteiger partial charge in [-0.2, -0.15) is 0 Å². The molecule has 0 amide bonds. The van der Waals surface area contributed by atoms with E-state index >= 15 is 0 Å². The van der Waals surface area contributed by atoms with E-state index in [2.05, 4.69) is 124 Å². The smallest absolute Gasteiger partial charge is 1.00 e. The van der Waals surface area contributed by atoms with Crippen molar-refractivity contribution in [2.45, 2.75) is 0 Å². The molecule has 5 nitrogen and oxygen atoms in total. The summed E-state index contributed by atoms with van der Waals surface area (Å²) in [6.45, 7) is 0. The maximum Gasteiger partial charge on any atom is 3.00 e. The van der Waals surface area contributed by atoms with Crippen molar-refractivity contribution in [3.8, 4) is 0 Å². The molecule has 18 heteroatoms. The largest absolute Gasteiger partial charge is 3.00 e. The van der Waals surface area contributed by atoms with Gasteiger partial charge in [0.05, 0.1) is 0 Å². The number of halogens is 1. The van der Waals surface area contributed by atoms with Gasteiger partial charge in [-0.15, -0.1) is 0 Å². The third-order valence-corrected chi connectivity index (χ3v) is 5.48. The summed E-state index contributed by atoms with van der Waals surface area (Å²) in [4.78, 5) is 8.56. The first-order valence-corrected chi connectivity index (χ1v) is 11.7. The second-order valence-electron chi connectivity index (χ2n) is 5.80. The standard InChI is InChI=1S/5C3H7NS2.ClH.2Ru/c5*1-4(2)3(5)6;;;/h5*1-2H3,(H,5,6);1H;;/q;;;;;;2*+3/p-6. The number of thiocarbonyl (C=S) groups is 5. The van der Waals surface area contributed by atoms with Crippen molar-refractivity contribution in [2.24, 2.45) is 0 Å². The van der Waals surface area contributed by atoms with Crippen molar-refractivity contribution in [1.29, 1.82) is 0 Å². The van der Waals surface area contributed by atoms with E-state index in [4.69, 9.17) is 0 Å². The van der Waals surface area contributed by atoms with Crippen LogP contribution in [0.15, 0.2) is 0 Å². The van der Waals surface area contributed by atoms with Gasteiger partial charge in [0, 0.05) is 70.5 Å². The second-order valence-corrected chi connectivity index (χ2v) is 11.0. The number of nitrogens with zero attached hydrogens (tertiary/aromatic N) is 5. The van der Waals surface area contributed by atoms with Gasteiger partial charge in [0.25, 0.3) is 0 Å². The summed E-state index contributed by atoms with van der Waals surface area (Å²) in [7, 11) is 18.3. The molecule has 0 atom stereocenters. The first-order chi connectivity index (χ1) is 13.2. The molecule has 0 saturated carbocycles. The van der Waals surface area contributed by atoms with Crippen molar-refractivity contribution in [2.75, 3.05) is 70.5 Å². The Morgan fingerprint density at radius 1 is 0.364 bits per heavy atom. The van der Waals surface area contributed by atoms with Crippen LogP contribution in [0.3, 0.4) is 0 Å². The van der Waals surface area contributed by atoms with Crippen molar-refractivity contribution in [3.63, 3.8) is 0 Å². The average Bonchev–Trinajstić information content (AvgIpc) is 2.56. The molecule has 0 N–H and O–H groups in total. The van der Waals surface area contributed by atoms with Gasteiger partial charge in [0.15, 0.2) is 0 Å². The van der Waals surface area contributed by atoms with Crippen LogP contribution in [0.4, 0.5) is 0 Å². The molecular weight excluding hydrogens is 808 g/mol. The van der Waals surface area contributed by atoms with Crippen LogP contribution < -0.4 is 12.4 Å². The molecule has 0 rings (SSSR count). The Balaban J connectivity index is -0.0000000386. The van der Waals surface area contributed by atoms with Crippen LogP contribution in [-0.4, -0.2) is 117 Å². The van der Waals surface area contributed by atoms with Gasteiger partial charge in [-0.25, -0.2) is 0 Å². The summed E-state index contributed by atoms with van der Waals surface area (Å²) in [5, 5.41) is 0. The van der Waals surface area contributed by atoms with Crippen LogP contribution in [-0.2, 0) is 102 Å². The summed E-state index contributed by atoms with van der Waals surface area (Å²) in [6.07, 6.45) is 0. The first kappa shape index (κ1) is 55.6. The van der Waals surface area contributed by atoms with E-state index in [0.717, 1.165) is 0 Å². The van der Waals surface area contributed by atoms with Crippen molar-refractivity contribution < 1.29 is 51.4 Å². The molecule has 33 heavy (non-hydrogen) atoms. The Bertz CT molecular complexity index is 421. The van der Waals surface area contributed by atoms with E-state index in [9.17, 15) is 0 Å². The Labute approximate surface area is 288 Å². The van der Waals surface area contributed by atoms with Gasteiger partial charge >= 0.3 is 39.0 Å². The fourth-order valence-corrected chi connectivity index (χ4v) is 0. The molecule has 0 aliphatic heterocycles. The van der Waals surface area contributed by atoms with Crippen LogP contribution in [0.1, 0.15) is 0 Å². The van der Waals surface area contributed by atoms with Crippen molar-refractivity contribution in [3.05, 3.63) is 0 Å². The zero-order valence-corrected chi connectivity index (χ0v) is 32.3. The van der Waals surface area contributed by atoms with E-state index in [0.29, 0.717) is 21.6 Å². The Hall–Kier alpha value is 2.09. The monoisotopic (exact) mass is 839 g/mol. The van der Waals surface area contributed by atoms with Crippen molar-refractivity contribution in [1.82, 2.24) is 24.5 Å². The van der Waals surface area contributed by atoms with Crippen LogP contribution in [0.5, 0.6) is 0 Å². The summed E-state index contributed by atoms with van der Waals surface area (Å²) in [5.41, 5.74) is 0. The SMILES string of the molecule is CN(C)C(=S)[S-].CN(C)C(=S)[S-].CN(C)C(=S)[S-].CN(C)C(=S)[S-].CN(C)C(=S)[S-].[Cl-].[Ru+3].[Ru+3]. The van der Waals surface area contributed by atoms with Crippen LogP contribution in [0, 0.1) is 0 Å². The van der Waals surface area contributed by atoms with E-state index in [1.165, 1.54) is 0 Å². The number of rotatable bonds is 0. The Kier molecular flexibility index (Phi) is 61.0. The van der Waals surface area contributed by atoms with Crippen LogP contribution >= 0.6 is 61.1 Å². The zero-order valence-electron chi connectivity index (χ0n) is 19.9. The molecule has 198 valence electrons. The molecule has 0 aliphatic carbocycles. The van der Waals surface area contributed by atoms with E-state index in [1.807, 2.05) is 70.5 Å². The molecule has 0 heterocycles. The fourth-order valence-electron chi connectivity index (χ4n) is 0. The van der Waals surface area contributed by atoms with Crippen LogP contribution in [0.25, 0.3) is 0 Å². The van der Waals surface area contributed by atoms with Gasteiger partial charge in [-0.3, -0.25) is 0 Å². The molecule has 2 radical (unpaired) electrons. The summed E-state index contributed by atoms with van der Waals surface area (Å²) in [5.74, 6) is 0. The maximum absolute atomic E-state index is 4.56. The molecule has 0 fully saturated rings. The number of hydrogen-bond donors (Lipinski definition) is 0. The number of hydrogen-bond acceptors (Lipinski definition) is 10. The van der Waals surface area contributed by atoms with Gasteiger partial charge < -0.3 is 161 Å². The average molecular weight is 839 g/mol. The minimum absolute atomic E-state index is 0. The third kappa shape index (κ3) is 71.9. The molecule has 0 saturated heterocycles. The van der Waals surface area contributed by atoms with E-state index in [1.54, 1.807) is 24.5 Å². The third-order valence-electron chi connectivity index (χ3n) is 1.83. The maximum atomic E-state index is 4.56. The predicted octanol–water partition coefficient (Wildman–Crippen LogP) is -1.10. The zero-order chi connectivity index (χ0) is 25.8. The predicted molar refractivity (Wildman–Crippen MR) is 168 cm³/mol. The van der Waals surface area contributed by atoms with Crippen molar-refractivity contribution >= 4 is 146 Å². The van der Waals surface area contributed by atoms with E-state index < -0.39 is 0 Å². The molecule has 0 aliphatic rings. The molecule has 0 aromatic rings. The van der Waals surface area contributed by atoms with Gasteiger partial charge in [0.1, 0.15) is 0 Å². The Morgan fingerprint density at radius 3 is 0.394 bits per heavy atom. The second kappa shape index (κ2) is 36.2. The van der Waals surface area contributed by atoms with Gasteiger partial charge in [-0.1, -0.05) is 21.6 Å². The van der Waals surface area contributed by atoms with Gasteiger partial charge in [-0.05, 0) is 0 Å². The molecule has 0 unspecified atom stereocenters. The molecule has 0 aromatic carbocycles. The molecule has 0 aromatic heterocycles. The summed E-state index contributed by atoms with van der Waals surface area (Å²) in [6, 6.07) is 0.